The highest BCUT2D eigenvalue weighted by Crippen LogP contribution is 2.30. The summed E-state index contributed by atoms with van der Waals surface area (Å²) in [7, 11) is 0. The number of aliphatic hydroxyl groups is 1. The average molecular weight is 302 g/mol. The normalized spacial score (nSPS) is 14.1. The lowest BCUT2D eigenvalue weighted by atomic mass is 10.2. The number of nitrogens with one attached hydrogen (secondary N) is 1. The molecule has 2 atom stereocenters. The SMILES string of the molecule is CCCn1nc(C)c([N+](=O)[O-])c1NC(C)C(CO)SC. The molecule has 0 aromatic carbocycles. The number of rotatable bonds is 8. The molecule has 0 bridgehead atoms. The lowest BCUT2D eigenvalue weighted by Crippen LogP contribution is -2.32. The minimum atomic E-state index is -0.406. The monoisotopic (exact) mass is 302 g/mol. The number of nitrogens with zero attached hydrogens (tertiary/aromatic N) is 3. The van der Waals surface area contributed by atoms with Crippen LogP contribution in [0.4, 0.5) is 11.5 Å². The molecular formula is C12H22N4O3S. The first-order valence-electron chi connectivity index (χ1n) is 6.58. The lowest BCUT2D eigenvalue weighted by Gasteiger charge is -2.22. The largest absolute Gasteiger partial charge is 0.395 e. The van der Waals surface area contributed by atoms with Gasteiger partial charge >= 0.3 is 5.69 Å². The standard InChI is InChI=1S/C12H22N4O3S/c1-5-6-15-12(11(16(18)19)9(3)14-15)13-8(2)10(7-17)20-4/h8,10,13,17H,5-7H2,1-4H3. The molecule has 8 heteroatoms. The van der Waals surface area contributed by atoms with Gasteiger partial charge in [-0.2, -0.15) is 16.9 Å². The topological polar surface area (TPSA) is 93.2 Å². The maximum Gasteiger partial charge on any atom is 0.333 e. The maximum absolute atomic E-state index is 11.2. The Balaban J connectivity index is 3.10. The molecule has 0 saturated heterocycles. The van der Waals surface area contributed by atoms with E-state index in [0.717, 1.165) is 6.42 Å². The molecular weight excluding hydrogens is 280 g/mol. The summed E-state index contributed by atoms with van der Waals surface area (Å²) in [5, 5.41) is 27.9. The summed E-state index contributed by atoms with van der Waals surface area (Å²) in [6.07, 6.45) is 2.75. The summed E-state index contributed by atoms with van der Waals surface area (Å²) >= 11 is 1.53. The second-order valence-corrected chi connectivity index (χ2v) is 5.73. The molecule has 1 heterocycles. The number of thioether (sulfide) groups is 1. The first-order chi connectivity index (χ1) is 9.46. The summed E-state index contributed by atoms with van der Waals surface area (Å²) in [6, 6.07) is -0.0968. The molecule has 0 amide bonds. The molecule has 20 heavy (non-hydrogen) atoms. The smallest absolute Gasteiger partial charge is 0.333 e. The minimum Gasteiger partial charge on any atom is -0.395 e. The minimum absolute atomic E-state index is 0.0168. The van der Waals surface area contributed by atoms with Gasteiger partial charge in [0, 0.05) is 17.8 Å². The average Bonchev–Trinajstić information content (AvgIpc) is 2.67. The van der Waals surface area contributed by atoms with Gasteiger partial charge in [0.2, 0.25) is 5.82 Å². The molecule has 0 radical (unpaired) electrons. The van der Waals surface area contributed by atoms with Crippen molar-refractivity contribution < 1.29 is 10.0 Å². The second-order valence-electron chi connectivity index (χ2n) is 4.65. The van der Waals surface area contributed by atoms with Crippen LogP contribution in [-0.4, -0.2) is 44.0 Å². The highest BCUT2D eigenvalue weighted by molar-refractivity contribution is 7.99. The van der Waals surface area contributed by atoms with Gasteiger partial charge in [-0.3, -0.25) is 10.1 Å². The third kappa shape index (κ3) is 3.63. The van der Waals surface area contributed by atoms with Crippen molar-refractivity contribution in [2.24, 2.45) is 0 Å². The molecule has 1 rings (SSSR count). The summed E-state index contributed by atoms with van der Waals surface area (Å²) in [5.74, 6) is 0.425. The van der Waals surface area contributed by atoms with E-state index in [0.29, 0.717) is 18.1 Å². The number of hydrogen-bond acceptors (Lipinski definition) is 6. The summed E-state index contributed by atoms with van der Waals surface area (Å²) in [5.41, 5.74) is 0.422. The zero-order valence-electron chi connectivity index (χ0n) is 12.3. The summed E-state index contributed by atoms with van der Waals surface area (Å²) in [4.78, 5) is 10.8. The quantitative estimate of drug-likeness (QED) is 0.564. The third-order valence-electron chi connectivity index (χ3n) is 3.12. The molecule has 114 valence electrons. The van der Waals surface area contributed by atoms with Gasteiger partial charge in [0.05, 0.1) is 11.5 Å². The van der Waals surface area contributed by atoms with E-state index in [1.165, 1.54) is 11.8 Å². The van der Waals surface area contributed by atoms with Crippen LogP contribution in [0.3, 0.4) is 0 Å². The molecule has 0 aliphatic rings. The molecule has 0 saturated carbocycles. The van der Waals surface area contributed by atoms with Crippen LogP contribution in [0.5, 0.6) is 0 Å². The Labute approximate surface area is 122 Å². The Hall–Kier alpha value is -1.28. The van der Waals surface area contributed by atoms with Crippen LogP contribution in [0, 0.1) is 17.0 Å². The van der Waals surface area contributed by atoms with Gasteiger partial charge in [-0.05, 0) is 26.5 Å². The Morgan fingerprint density at radius 1 is 1.60 bits per heavy atom. The van der Waals surface area contributed by atoms with E-state index in [2.05, 4.69) is 10.4 Å². The number of aliphatic hydroxyl groups excluding tert-OH is 1. The molecule has 7 nitrogen and oxygen atoms in total. The second kappa shape index (κ2) is 7.49. The van der Waals surface area contributed by atoms with Crippen molar-refractivity contribution in [3.05, 3.63) is 15.8 Å². The zero-order chi connectivity index (χ0) is 15.3. The van der Waals surface area contributed by atoms with Crippen LogP contribution in [0.2, 0.25) is 0 Å². The Bertz CT molecular complexity index is 460. The predicted octanol–water partition coefficient (Wildman–Crippen LogP) is 2.03. The first kappa shape index (κ1) is 16.8. The van der Waals surface area contributed by atoms with Gasteiger partial charge in [-0.15, -0.1) is 0 Å². The highest BCUT2D eigenvalue weighted by atomic mass is 32.2. The summed E-state index contributed by atoms with van der Waals surface area (Å²) < 4.78 is 1.64. The van der Waals surface area contributed by atoms with E-state index in [1.54, 1.807) is 11.6 Å². The number of nitro groups is 1. The van der Waals surface area contributed by atoms with Crippen molar-refractivity contribution in [2.75, 3.05) is 18.2 Å². The molecule has 2 N–H and O–H groups in total. The maximum atomic E-state index is 11.2. The van der Waals surface area contributed by atoms with Gasteiger partial charge in [0.1, 0.15) is 5.69 Å². The first-order valence-corrected chi connectivity index (χ1v) is 7.86. The van der Waals surface area contributed by atoms with E-state index in [-0.39, 0.29) is 23.6 Å². The van der Waals surface area contributed by atoms with Crippen LogP contribution < -0.4 is 5.32 Å². The number of anilines is 1. The number of aryl methyl sites for hydroxylation is 2. The fraction of sp³-hybridized carbons (Fsp3) is 0.750. The van der Waals surface area contributed by atoms with Crippen LogP contribution in [0.1, 0.15) is 26.0 Å². The molecule has 2 unspecified atom stereocenters. The third-order valence-corrected chi connectivity index (χ3v) is 4.28. The number of aromatic nitrogens is 2. The van der Waals surface area contributed by atoms with Crippen LogP contribution in [0.25, 0.3) is 0 Å². The predicted molar refractivity (Wildman–Crippen MR) is 81.4 cm³/mol. The van der Waals surface area contributed by atoms with E-state index in [4.69, 9.17) is 0 Å². The molecule has 1 aromatic rings. The fourth-order valence-corrected chi connectivity index (χ4v) is 2.68. The van der Waals surface area contributed by atoms with E-state index in [9.17, 15) is 15.2 Å². The van der Waals surface area contributed by atoms with Gasteiger partial charge in [-0.25, -0.2) is 4.68 Å². The molecule has 0 aliphatic heterocycles. The molecule has 0 aliphatic carbocycles. The van der Waals surface area contributed by atoms with Gasteiger partial charge in [-0.1, -0.05) is 6.92 Å². The molecule has 0 spiro atoms. The lowest BCUT2D eigenvalue weighted by molar-refractivity contribution is -0.384. The fourth-order valence-electron chi connectivity index (χ4n) is 2.05. The van der Waals surface area contributed by atoms with Crippen LogP contribution in [-0.2, 0) is 6.54 Å². The van der Waals surface area contributed by atoms with Crippen LogP contribution in [0.15, 0.2) is 0 Å². The Kier molecular flexibility index (Phi) is 6.28. The molecule has 1 aromatic heterocycles. The van der Waals surface area contributed by atoms with Crippen LogP contribution >= 0.6 is 11.8 Å². The van der Waals surface area contributed by atoms with Crippen molar-refractivity contribution in [2.45, 2.75) is 45.0 Å². The Morgan fingerprint density at radius 3 is 2.70 bits per heavy atom. The highest BCUT2D eigenvalue weighted by Gasteiger charge is 2.27. The Morgan fingerprint density at radius 2 is 2.25 bits per heavy atom. The van der Waals surface area contributed by atoms with Crippen molar-refractivity contribution in [1.29, 1.82) is 0 Å². The molecule has 0 fully saturated rings. The van der Waals surface area contributed by atoms with Gasteiger partial charge in [0.15, 0.2) is 0 Å². The number of hydrogen-bond donors (Lipinski definition) is 2. The van der Waals surface area contributed by atoms with Crippen molar-refractivity contribution in [3.8, 4) is 0 Å². The van der Waals surface area contributed by atoms with Gasteiger partial charge in [0.25, 0.3) is 0 Å². The van der Waals surface area contributed by atoms with E-state index >= 15 is 0 Å². The van der Waals surface area contributed by atoms with E-state index in [1.807, 2.05) is 20.1 Å². The zero-order valence-corrected chi connectivity index (χ0v) is 13.1. The van der Waals surface area contributed by atoms with Crippen molar-refractivity contribution in [1.82, 2.24) is 9.78 Å². The van der Waals surface area contributed by atoms with Crippen molar-refractivity contribution >= 4 is 23.3 Å². The van der Waals surface area contributed by atoms with E-state index < -0.39 is 4.92 Å². The van der Waals surface area contributed by atoms with Crippen molar-refractivity contribution in [3.63, 3.8) is 0 Å². The summed E-state index contributed by atoms with van der Waals surface area (Å²) in [6.45, 7) is 6.17. The van der Waals surface area contributed by atoms with Gasteiger partial charge < -0.3 is 10.4 Å².